The molecule has 0 amide bonds. The fourth-order valence-corrected chi connectivity index (χ4v) is 3.92. The van der Waals surface area contributed by atoms with Crippen LogP contribution < -0.4 is 4.74 Å². The van der Waals surface area contributed by atoms with E-state index in [4.69, 9.17) is 19.4 Å². The lowest BCUT2D eigenvalue weighted by Crippen LogP contribution is -2.10. The molecule has 0 N–H and O–H groups in total. The van der Waals surface area contributed by atoms with E-state index in [9.17, 15) is 0 Å². The third-order valence-electron chi connectivity index (χ3n) is 5.76. The van der Waals surface area contributed by atoms with Crippen LogP contribution in [0.5, 0.6) is 5.88 Å². The molecule has 1 fully saturated rings. The SMILES string of the molecule is CCc1nc(OCC2CC2)ccc1-c1nc2c(C)cn(C(C)COC)c2cc1C. The maximum Gasteiger partial charge on any atom is 0.213 e. The van der Waals surface area contributed by atoms with E-state index < -0.39 is 0 Å². The Morgan fingerprint density at radius 1 is 1.17 bits per heavy atom. The van der Waals surface area contributed by atoms with Crippen LogP contribution in [-0.4, -0.2) is 34.9 Å². The summed E-state index contributed by atoms with van der Waals surface area (Å²) < 4.78 is 13.5. The summed E-state index contributed by atoms with van der Waals surface area (Å²) in [6, 6.07) is 6.61. The summed E-state index contributed by atoms with van der Waals surface area (Å²) in [6.45, 7) is 10.0. The van der Waals surface area contributed by atoms with Crippen LogP contribution in [-0.2, 0) is 11.2 Å². The topological polar surface area (TPSA) is 49.2 Å². The van der Waals surface area contributed by atoms with Gasteiger partial charge in [-0.3, -0.25) is 0 Å². The van der Waals surface area contributed by atoms with Gasteiger partial charge in [0.2, 0.25) is 5.88 Å². The highest BCUT2D eigenvalue weighted by atomic mass is 16.5. The van der Waals surface area contributed by atoms with Crippen LogP contribution in [0, 0.1) is 19.8 Å². The highest BCUT2D eigenvalue weighted by Crippen LogP contribution is 2.33. The zero-order chi connectivity index (χ0) is 20.5. The molecule has 0 bridgehead atoms. The first-order valence-corrected chi connectivity index (χ1v) is 10.6. The monoisotopic (exact) mass is 393 g/mol. The van der Waals surface area contributed by atoms with Gasteiger partial charge in [-0.05, 0) is 69.2 Å². The lowest BCUT2D eigenvalue weighted by molar-refractivity contribution is 0.164. The van der Waals surface area contributed by atoms with Crippen LogP contribution in [0.4, 0.5) is 0 Å². The van der Waals surface area contributed by atoms with Crippen LogP contribution in [0.1, 0.15) is 49.6 Å². The molecule has 4 rings (SSSR count). The standard InChI is InChI=1S/C24H31N3O2/c1-6-20-19(9-10-22(25-20)29-14-18-7-8-18)23-15(2)11-21-24(26-23)16(3)12-27(21)17(4)13-28-5/h9-12,17-18H,6-8,13-14H2,1-5H3. The number of rotatable bonds is 8. The molecule has 5 heteroatoms. The Morgan fingerprint density at radius 3 is 2.66 bits per heavy atom. The maximum absolute atomic E-state index is 5.89. The average Bonchev–Trinajstić information content (AvgIpc) is 3.49. The predicted octanol–water partition coefficient (Wildman–Crippen LogP) is 5.27. The largest absolute Gasteiger partial charge is 0.477 e. The molecule has 3 aromatic rings. The molecule has 29 heavy (non-hydrogen) atoms. The lowest BCUT2D eigenvalue weighted by atomic mass is 10.0. The minimum absolute atomic E-state index is 0.263. The van der Waals surface area contributed by atoms with Crippen LogP contribution in [0.2, 0.25) is 0 Å². The van der Waals surface area contributed by atoms with E-state index in [1.165, 1.54) is 18.4 Å². The second-order valence-corrected chi connectivity index (χ2v) is 8.30. The summed E-state index contributed by atoms with van der Waals surface area (Å²) in [5.74, 6) is 1.45. The Bertz CT molecular complexity index is 1020. The van der Waals surface area contributed by atoms with E-state index in [0.717, 1.165) is 58.4 Å². The summed E-state index contributed by atoms with van der Waals surface area (Å²) in [5.41, 5.74) is 7.69. The Hall–Kier alpha value is -2.40. The minimum atomic E-state index is 0.263. The predicted molar refractivity (Wildman–Crippen MR) is 117 cm³/mol. The summed E-state index contributed by atoms with van der Waals surface area (Å²) in [7, 11) is 1.74. The quantitative estimate of drug-likeness (QED) is 0.523. The fourth-order valence-electron chi connectivity index (χ4n) is 3.92. The van der Waals surface area contributed by atoms with Crippen molar-refractivity contribution in [2.75, 3.05) is 20.3 Å². The van der Waals surface area contributed by atoms with Crippen molar-refractivity contribution in [3.8, 4) is 17.1 Å². The van der Waals surface area contributed by atoms with Crippen LogP contribution in [0.3, 0.4) is 0 Å². The molecule has 1 aliphatic rings. The minimum Gasteiger partial charge on any atom is -0.477 e. The van der Waals surface area contributed by atoms with Crippen molar-refractivity contribution in [3.05, 3.63) is 41.2 Å². The molecule has 3 heterocycles. The van der Waals surface area contributed by atoms with Gasteiger partial charge in [0.25, 0.3) is 0 Å². The second kappa shape index (κ2) is 8.15. The van der Waals surface area contributed by atoms with Crippen molar-refractivity contribution in [3.63, 3.8) is 0 Å². The first kappa shape index (κ1) is 19.9. The molecule has 1 atom stereocenters. The molecule has 1 unspecified atom stereocenters. The third-order valence-corrected chi connectivity index (χ3v) is 5.76. The van der Waals surface area contributed by atoms with Gasteiger partial charge >= 0.3 is 0 Å². The van der Waals surface area contributed by atoms with E-state index in [-0.39, 0.29) is 6.04 Å². The van der Waals surface area contributed by atoms with E-state index in [1.54, 1.807) is 7.11 Å². The van der Waals surface area contributed by atoms with Crippen molar-refractivity contribution in [1.82, 2.24) is 14.5 Å². The number of pyridine rings is 2. The van der Waals surface area contributed by atoms with Crippen molar-refractivity contribution in [1.29, 1.82) is 0 Å². The summed E-state index contributed by atoms with van der Waals surface area (Å²) >= 11 is 0. The highest BCUT2D eigenvalue weighted by molar-refractivity contribution is 5.84. The Balaban J connectivity index is 1.73. The number of ether oxygens (including phenoxy) is 2. The molecule has 0 spiro atoms. The molecule has 0 aliphatic heterocycles. The first-order valence-electron chi connectivity index (χ1n) is 10.6. The van der Waals surface area contributed by atoms with Gasteiger partial charge in [-0.25, -0.2) is 9.97 Å². The Kier molecular flexibility index (Phi) is 5.59. The van der Waals surface area contributed by atoms with E-state index >= 15 is 0 Å². The van der Waals surface area contributed by atoms with Gasteiger partial charge in [-0.1, -0.05) is 6.92 Å². The molecule has 3 aromatic heterocycles. The molecule has 0 radical (unpaired) electrons. The number of methoxy groups -OCH3 is 1. The zero-order valence-corrected chi connectivity index (χ0v) is 18.2. The Labute approximate surface area is 173 Å². The highest BCUT2D eigenvalue weighted by Gasteiger charge is 2.22. The summed E-state index contributed by atoms with van der Waals surface area (Å²) in [6.07, 6.45) is 5.59. The van der Waals surface area contributed by atoms with E-state index in [1.807, 2.05) is 6.07 Å². The smallest absolute Gasteiger partial charge is 0.213 e. The van der Waals surface area contributed by atoms with E-state index in [0.29, 0.717) is 6.61 Å². The molecular weight excluding hydrogens is 362 g/mol. The number of aryl methyl sites for hydroxylation is 3. The number of hydrogen-bond donors (Lipinski definition) is 0. The van der Waals surface area contributed by atoms with Crippen LogP contribution in [0.15, 0.2) is 24.4 Å². The lowest BCUT2D eigenvalue weighted by Gasteiger charge is -2.16. The van der Waals surface area contributed by atoms with Crippen LogP contribution in [0.25, 0.3) is 22.3 Å². The third kappa shape index (κ3) is 4.01. The maximum atomic E-state index is 5.89. The second-order valence-electron chi connectivity index (χ2n) is 8.30. The fraction of sp³-hybridized carbons (Fsp3) is 0.500. The van der Waals surface area contributed by atoms with Crippen molar-refractivity contribution in [2.45, 2.75) is 53.0 Å². The van der Waals surface area contributed by atoms with Gasteiger partial charge in [0, 0.05) is 24.9 Å². The number of fused-ring (bicyclic) bond motifs is 1. The molecular formula is C24H31N3O2. The zero-order valence-electron chi connectivity index (χ0n) is 18.2. The molecule has 154 valence electrons. The van der Waals surface area contributed by atoms with Gasteiger partial charge in [0.05, 0.1) is 41.7 Å². The molecule has 0 aromatic carbocycles. The number of nitrogens with zero attached hydrogens (tertiary/aromatic N) is 3. The average molecular weight is 394 g/mol. The van der Waals surface area contributed by atoms with Gasteiger partial charge < -0.3 is 14.0 Å². The Morgan fingerprint density at radius 2 is 1.97 bits per heavy atom. The van der Waals surface area contributed by atoms with Crippen molar-refractivity contribution < 1.29 is 9.47 Å². The van der Waals surface area contributed by atoms with Gasteiger partial charge in [0.15, 0.2) is 0 Å². The number of aromatic nitrogens is 3. The van der Waals surface area contributed by atoms with Crippen molar-refractivity contribution in [2.24, 2.45) is 5.92 Å². The number of hydrogen-bond acceptors (Lipinski definition) is 4. The molecule has 0 saturated heterocycles. The van der Waals surface area contributed by atoms with Crippen molar-refractivity contribution >= 4 is 11.0 Å². The van der Waals surface area contributed by atoms with Gasteiger partial charge in [0.1, 0.15) is 0 Å². The molecule has 5 nitrogen and oxygen atoms in total. The summed E-state index contributed by atoms with van der Waals surface area (Å²) in [4.78, 5) is 9.87. The van der Waals surface area contributed by atoms with Crippen LogP contribution >= 0.6 is 0 Å². The molecule has 1 saturated carbocycles. The van der Waals surface area contributed by atoms with Gasteiger partial charge in [-0.15, -0.1) is 0 Å². The van der Waals surface area contributed by atoms with Gasteiger partial charge in [-0.2, -0.15) is 0 Å². The summed E-state index contributed by atoms with van der Waals surface area (Å²) in [5, 5.41) is 0. The van der Waals surface area contributed by atoms with E-state index in [2.05, 4.69) is 50.6 Å². The normalized spacial score (nSPS) is 15.1. The first-order chi connectivity index (χ1) is 14.0. The molecule has 1 aliphatic carbocycles.